The Hall–Kier alpha value is -4.12. The fourth-order valence-corrected chi connectivity index (χ4v) is 6.02. The highest BCUT2D eigenvalue weighted by Gasteiger charge is 2.39. The Morgan fingerprint density at radius 1 is 0.796 bits per heavy atom. The zero-order chi connectivity index (χ0) is 36.5. The molecule has 0 aromatic heterocycles. The van der Waals surface area contributed by atoms with E-state index in [1.165, 1.54) is 0 Å². The molecule has 2 fully saturated rings. The molecule has 0 saturated carbocycles. The number of carbonyl (C=O) groups is 8. The molecule has 17 nitrogen and oxygen atoms in total. The van der Waals surface area contributed by atoms with Crippen LogP contribution in [0.15, 0.2) is 0 Å². The summed E-state index contributed by atoms with van der Waals surface area (Å²) >= 11 is 0. The number of amides is 7. The van der Waals surface area contributed by atoms with Gasteiger partial charge in [0, 0.05) is 19.4 Å². The zero-order valence-electron chi connectivity index (χ0n) is 28.7. The molecular formula is C32H55N9O8. The highest BCUT2D eigenvalue weighted by Crippen LogP contribution is 2.21. The first-order valence-corrected chi connectivity index (χ1v) is 17.2. The lowest BCUT2D eigenvalue weighted by Crippen LogP contribution is -2.59. The van der Waals surface area contributed by atoms with Crippen LogP contribution in [-0.2, 0) is 38.4 Å². The third-order valence-corrected chi connectivity index (χ3v) is 8.62. The van der Waals surface area contributed by atoms with Crippen LogP contribution >= 0.6 is 0 Å². The summed E-state index contributed by atoms with van der Waals surface area (Å²) in [6, 6.07) is -5.73. The minimum atomic E-state index is -1.37. The summed E-state index contributed by atoms with van der Waals surface area (Å²) < 4.78 is 0. The highest BCUT2D eigenvalue weighted by molar-refractivity contribution is 5.96. The van der Waals surface area contributed by atoms with Crippen LogP contribution in [0.4, 0.5) is 0 Å². The molecule has 2 rings (SSSR count). The van der Waals surface area contributed by atoms with Gasteiger partial charge in [-0.25, -0.2) is 0 Å². The van der Waals surface area contributed by atoms with Gasteiger partial charge in [-0.1, -0.05) is 13.8 Å². The van der Waals surface area contributed by atoms with Crippen molar-refractivity contribution in [2.45, 2.75) is 127 Å². The van der Waals surface area contributed by atoms with Crippen molar-refractivity contribution in [2.75, 3.05) is 19.6 Å². The molecule has 0 aliphatic carbocycles. The van der Waals surface area contributed by atoms with Crippen LogP contribution in [0.5, 0.6) is 0 Å². The van der Waals surface area contributed by atoms with Crippen LogP contribution in [-0.4, -0.2) is 108 Å². The first-order valence-electron chi connectivity index (χ1n) is 17.2. The van der Waals surface area contributed by atoms with E-state index in [1.54, 1.807) is 4.90 Å². The molecule has 0 bridgehead atoms. The quantitative estimate of drug-likeness (QED) is 0.0439. The Balaban J connectivity index is 2.23. The average molecular weight is 694 g/mol. The van der Waals surface area contributed by atoms with Crippen molar-refractivity contribution in [1.82, 2.24) is 31.5 Å². The number of likely N-dealkylation sites (tertiary alicyclic amines) is 1. The Labute approximate surface area is 287 Å². The number of hydrogen-bond donors (Lipinski definition) is 8. The topological polar surface area (TPSA) is 278 Å². The Kier molecular flexibility index (Phi) is 17.7. The lowest BCUT2D eigenvalue weighted by atomic mass is 10.0. The summed E-state index contributed by atoms with van der Waals surface area (Å²) in [4.78, 5) is 103. The molecule has 7 amide bonds. The monoisotopic (exact) mass is 693 g/mol. The van der Waals surface area contributed by atoms with Gasteiger partial charge in [-0.3, -0.25) is 33.6 Å². The first-order chi connectivity index (χ1) is 23.3. The van der Waals surface area contributed by atoms with Crippen molar-refractivity contribution < 1.29 is 38.4 Å². The molecule has 2 aliphatic rings. The molecule has 2 aliphatic heterocycles. The van der Waals surface area contributed by atoms with E-state index in [4.69, 9.17) is 17.2 Å². The van der Waals surface area contributed by atoms with E-state index < -0.39 is 65.7 Å². The second-order valence-corrected chi connectivity index (χ2v) is 13.2. The standard InChI is InChI=1S/C32H55N9O8/c1-19(2)17-20(18-42)37-28(45)22(10-12-26(34)43)38-30(47)23(11-13-27(35)44)39-29(46)21(7-3-4-14-33)40-31(48)25-9-6-16-41(25)32(49)24-8-5-15-36-24/h18-25,36H,3-17,33H2,1-2H3,(H2,34,43)(H2,35,44)(H,37,45)(H,38,47)(H,39,46)(H,40,48)/t20-,21-,22-,23-,24-,25-/m0/s1. The summed E-state index contributed by atoms with van der Waals surface area (Å²) in [6.45, 7) is 5.23. The number of rotatable bonds is 22. The van der Waals surface area contributed by atoms with Crippen molar-refractivity contribution in [3.05, 3.63) is 0 Å². The molecule has 0 radical (unpaired) electrons. The van der Waals surface area contributed by atoms with Gasteiger partial charge in [-0.05, 0) is 83.2 Å². The van der Waals surface area contributed by atoms with E-state index >= 15 is 0 Å². The Morgan fingerprint density at radius 3 is 1.86 bits per heavy atom. The minimum absolute atomic E-state index is 0.0716. The van der Waals surface area contributed by atoms with Crippen LogP contribution in [0.3, 0.4) is 0 Å². The molecule has 0 aromatic rings. The van der Waals surface area contributed by atoms with Crippen molar-refractivity contribution in [3.63, 3.8) is 0 Å². The van der Waals surface area contributed by atoms with E-state index in [0.29, 0.717) is 57.9 Å². The zero-order valence-corrected chi connectivity index (χ0v) is 28.7. The molecule has 11 N–H and O–H groups in total. The average Bonchev–Trinajstić information content (AvgIpc) is 3.76. The van der Waals surface area contributed by atoms with Gasteiger partial charge in [0.15, 0.2) is 0 Å². The van der Waals surface area contributed by atoms with Crippen molar-refractivity contribution in [3.8, 4) is 0 Å². The molecule has 0 aromatic carbocycles. The van der Waals surface area contributed by atoms with Crippen molar-refractivity contribution >= 4 is 47.6 Å². The van der Waals surface area contributed by atoms with Gasteiger partial charge in [0.2, 0.25) is 41.4 Å². The normalized spacial score (nSPS) is 19.7. The third kappa shape index (κ3) is 14.1. The van der Waals surface area contributed by atoms with Gasteiger partial charge in [0.05, 0.1) is 12.1 Å². The fourth-order valence-electron chi connectivity index (χ4n) is 6.02. The van der Waals surface area contributed by atoms with Gasteiger partial charge < -0.3 is 53.5 Å². The third-order valence-electron chi connectivity index (χ3n) is 8.62. The largest absolute Gasteiger partial charge is 0.370 e. The second kappa shape index (κ2) is 21.1. The van der Waals surface area contributed by atoms with Crippen LogP contribution in [0.1, 0.15) is 90.9 Å². The Morgan fingerprint density at radius 2 is 1.37 bits per heavy atom. The first kappa shape index (κ1) is 41.1. The van der Waals surface area contributed by atoms with E-state index in [-0.39, 0.29) is 50.0 Å². The maximum atomic E-state index is 13.7. The van der Waals surface area contributed by atoms with Gasteiger partial charge >= 0.3 is 0 Å². The lowest BCUT2D eigenvalue weighted by Gasteiger charge is -2.29. The molecule has 2 saturated heterocycles. The van der Waals surface area contributed by atoms with Crippen molar-refractivity contribution in [2.24, 2.45) is 23.1 Å². The van der Waals surface area contributed by atoms with Crippen LogP contribution in [0.25, 0.3) is 0 Å². The predicted molar refractivity (Wildman–Crippen MR) is 179 cm³/mol. The summed E-state index contributed by atoms with van der Waals surface area (Å²) in [5.41, 5.74) is 16.3. The van der Waals surface area contributed by atoms with Crippen LogP contribution < -0.4 is 43.8 Å². The van der Waals surface area contributed by atoms with Gasteiger partial charge in [0.25, 0.3) is 0 Å². The molecule has 17 heteroatoms. The van der Waals surface area contributed by atoms with Gasteiger partial charge in [0.1, 0.15) is 30.5 Å². The Bertz CT molecular complexity index is 1180. The van der Waals surface area contributed by atoms with Gasteiger partial charge in [-0.2, -0.15) is 0 Å². The smallest absolute Gasteiger partial charge is 0.243 e. The molecule has 2 heterocycles. The summed E-state index contributed by atoms with van der Waals surface area (Å²) in [5.74, 6) is -4.35. The maximum absolute atomic E-state index is 13.7. The lowest BCUT2D eigenvalue weighted by molar-refractivity contribution is -0.141. The number of nitrogens with two attached hydrogens (primary N) is 3. The van der Waals surface area contributed by atoms with E-state index in [2.05, 4.69) is 26.6 Å². The highest BCUT2D eigenvalue weighted by atomic mass is 16.2. The molecule has 276 valence electrons. The second-order valence-electron chi connectivity index (χ2n) is 13.2. The van der Waals surface area contributed by atoms with Crippen LogP contribution in [0, 0.1) is 5.92 Å². The van der Waals surface area contributed by atoms with Crippen LogP contribution in [0.2, 0.25) is 0 Å². The number of carbonyl (C=O) groups excluding carboxylic acids is 8. The maximum Gasteiger partial charge on any atom is 0.243 e. The SMILES string of the molecule is CC(C)C[C@@H](C=O)NC(=O)[C@H](CCC(N)=O)NC(=O)[C@H](CCC(N)=O)NC(=O)[C@H](CCCCN)NC(=O)[C@@H]1CCCN1C(=O)[C@@H]1CCCN1. The van der Waals surface area contributed by atoms with E-state index in [0.717, 1.165) is 13.0 Å². The van der Waals surface area contributed by atoms with E-state index in [1.807, 2.05) is 13.8 Å². The molecule has 0 spiro atoms. The summed E-state index contributed by atoms with van der Waals surface area (Å²) in [5, 5.41) is 13.6. The summed E-state index contributed by atoms with van der Waals surface area (Å²) in [6.07, 6.45) is 3.74. The molecule has 6 atom stereocenters. The van der Waals surface area contributed by atoms with Gasteiger partial charge in [-0.15, -0.1) is 0 Å². The number of unbranched alkanes of at least 4 members (excludes halogenated alkanes) is 1. The number of nitrogens with zero attached hydrogens (tertiary/aromatic N) is 1. The number of nitrogens with one attached hydrogen (secondary N) is 5. The number of primary amides is 2. The molecule has 0 unspecified atom stereocenters. The van der Waals surface area contributed by atoms with E-state index in [9.17, 15) is 38.4 Å². The molecular weight excluding hydrogens is 638 g/mol. The minimum Gasteiger partial charge on any atom is -0.370 e. The number of aldehydes is 1. The molecule has 49 heavy (non-hydrogen) atoms. The summed E-state index contributed by atoms with van der Waals surface area (Å²) in [7, 11) is 0. The number of hydrogen-bond acceptors (Lipinski definition) is 10. The van der Waals surface area contributed by atoms with Crippen molar-refractivity contribution in [1.29, 1.82) is 0 Å². The fraction of sp³-hybridized carbons (Fsp3) is 0.750. The predicted octanol–water partition coefficient (Wildman–Crippen LogP) is -2.43.